The van der Waals surface area contributed by atoms with Gasteiger partial charge in [0.1, 0.15) is 0 Å². The van der Waals surface area contributed by atoms with Gasteiger partial charge in [-0.1, -0.05) is 20.8 Å². The van der Waals surface area contributed by atoms with Crippen LogP contribution in [0.4, 0.5) is 0 Å². The predicted molar refractivity (Wildman–Crippen MR) is 56.0 cm³/mol. The van der Waals surface area contributed by atoms with Crippen LogP contribution in [0.5, 0.6) is 0 Å². The number of nitrogens with two attached hydrogens (primary N) is 1. The summed E-state index contributed by atoms with van der Waals surface area (Å²) >= 11 is 0. The predicted octanol–water partition coefficient (Wildman–Crippen LogP) is 1.99. The number of rotatable bonds is 2. The fraction of sp³-hybridized carbons (Fsp3) is 0.400. The Bertz CT molecular complexity index is 256. The third-order valence-electron chi connectivity index (χ3n) is 1.34. The molecule has 2 N–H and O–H groups in total. The van der Waals surface area contributed by atoms with Crippen molar-refractivity contribution < 1.29 is 0 Å². The maximum absolute atomic E-state index is 5.19. The van der Waals surface area contributed by atoms with Crippen molar-refractivity contribution in [1.82, 2.24) is 9.97 Å². The first-order valence-electron chi connectivity index (χ1n) is 4.57. The van der Waals surface area contributed by atoms with Crippen LogP contribution in [0.1, 0.15) is 32.3 Å². The van der Waals surface area contributed by atoms with E-state index in [0.717, 1.165) is 12.1 Å². The lowest BCUT2D eigenvalue weighted by Crippen LogP contribution is -1.92. The van der Waals surface area contributed by atoms with Crippen molar-refractivity contribution in [3.63, 3.8) is 0 Å². The fourth-order valence-electron chi connectivity index (χ4n) is 0.776. The smallest absolute Gasteiger partial charge is 0.153 e. The zero-order valence-corrected chi connectivity index (χ0v) is 8.49. The van der Waals surface area contributed by atoms with Crippen LogP contribution in [-0.2, 0) is 6.42 Å². The molecule has 1 aromatic heterocycles. The molecule has 1 rings (SSSR count). The van der Waals surface area contributed by atoms with Crippen LogP contribution in [0.15, 0.2) is 18.5 Å². The molecule has 0 unspecified atom stereocenters. The molecule has 1 heterocycles. The Morgan fingerprint density at radius 1 is 1.46 bits per heavy atom. The van der Waals surface area contributed by atoms with E-state index in [2.05, 4.69) is 16.9 Å². The summed E-state index contributed by atoms with van der Waals surface area (Å²) in [6.45, 7) is 6.05. The second-order valence-corrected chi connectivity index (χ2v) is 2.12. The van der Waals surface area contributed by atoms with Crippen LogP contribution < -0.4 is 5.73 Å². The van der Waals surface area contributed by atoms with E-state index in [1.165, 1.54) is 6.20 Å². The molecule has 3 heteroatoms. The largest absolute Gasteiger partial charge is 0.404 e. The Morgan fingerprint density at radius 3 is 2.69 bits per heavy atom. The summed E-state index contributed by atoms with van der Waals surface area (Å²) in [6, 6.07) is 1.90. The molecule has 0 saturated carbocycles. The van der Waals surface area contributed by atoms with Crippen molar-refractivity contribution in [3.05, 3.63) is 30.0 Å². The van der Waals surface area contributed by atoms with Crippen molar-refractivity contribution in [2.24, 2.45) is 5.73 Å². The molecule has 0 aliphatic rings. The molecule has 0 spiro atoms. The van der Waals surface area contributed by atoms with Crippen molar-refractivity contribution >= 4 is 6.08 Å². The molecule has 0 bridgehead atoms. The van der Waals surface area contributed by atoms with Crippen molar-refractivity contribution in [1.29, 1.82) is 0 Å². The number of aryl methyl sites for hydroxylation is 1. The molecular weight excluding hydrogens is 162 g/mol. The van der Waals surface area contributed by atoms with Gasteiger partial charge in [0.15, 0.2) is 5.82 Å². The van der Waals surface area contributed by atoms with E-state index in [4.69, 9.17) is 5.73 Å². The molecule has 0 radical (unpaired) electrons. The van der Waals surface area contributed by atoms with Crippen molar-refractivity contribution in [2.75, 3.05) is 0 Å². The lowest BCUT2D eigenvalue weighted by Gasteiger charge is -1.95. The van der Waals surface area contributed by atoms with Gasteiger partial charge in [0.2, 0.25) is 0 Å². The summed E-state index contributed by atoms with van der Waals surface area (Å²) in [5.74, 6) is 0.673. The second kappa shape index (κ2) is 7.28. The molecule has 3 nitrogen and oxygen atoms in total. The topological polar surface area (TPSA) is 51.8 Å². The summed E-state index contributed by atoms with van der Waals surface area (Å²) in [5.41, 5.74) is 6.23. The van der Waals surface area contributed by atoms with Gasteiger partial charge in [0, 0.05) is 11.9 Å². The molecule has 0 saturated heterocycles. The first-order valence-corrected chi connectivity index (χ1v) is 4.57. The quantitative estimate of drug-likeness (QED) is 0.755. The van der Waals surface area contributed by atoms with Crippen LogP contribution in [-0.4, -0.2) is 9.97 Å². The minimum atomic E-state index is 0.673. The summed E-state index contributed by atoms with van der Waals surface area (Å²) in [4.78, 5) is 8.20. The SMILES string of the molecule is CC.CCc1ccnc(/C=C\N)n1. The van der Waals surface area contributed by atoms with Gasteiger partial charge in [-0.05, 0) is 24.8 Å². The van der Waals surface area contributed by atoms with E-state index >= 15 is 0 Å². The Balaban J connectivity index is 0.000000671. The molecule has 0 fully saturated rings. The highest BCUT2D eigenvalue weighted by atomic mass is 14.9. The lowest BCUT2D eigenvalue weighted by molar-refractivity contribution is 0.985. The number of hydrogen-bond donors (Lipinski definition) is 1. The zero-order valence-electron chi connectivity index (χ0n) is 8.49. The Morgan fingerprint density at radius 2 is 2.15 bits per heavy atom. The highest BCUT2D eigenvalue weighted by Crippen LogP contribution is 1.96. The van der Waals surface area contributed by atoms with Gasteiger partial charge >= 0.3 is 0 Å². The molecular formula is C10H17N3. The number of aromatic nitrogens is 2. The first-order chi connectivity index (χ1) is 6.36. The maximum atomic E-state index is 5.19. The monoisotopic (exact) mass is 179 g/mol. The van der Waals surface area contributed by atoms with Crippen LogP contribution >= 0.6 is 0 Å². The standard InChI is InChI=1S/C8H11N3.C2H6/c1-2-7-4-6-10-8(11-7)3-5-9;1-2/h3-6H,2,9H2,1H3;1-2H3/b5-3-;. The van der Waals surface area contributed by atoms with E-state index in [9.17, 15) is 0 Å². The molecule has 1 aromatic rings. The average Bonchev–Trinajstić information content (AvgIpc) is 2.22. The molecule has 72 valence electrons. The van der Waals surface area contributed by atoms with Gasteiger partial charge in [-0.3, -0.25) is 0 Å². The molecule has 0 aliphatic heterocycles. The molecule has 0 aromatic carbocycles. The maximum Gasteiger partial charge on any atom is 0.153 e. The third kappa shape index (κ3) is 4.25. The zero-order chi connectivity index (χ0) is 10.1. The second-order valence-electron chi connectivity index (χ2n) is 2.12. The highest BCUT2D eigenvalue weighted by Gasteiger charge is 1.91. The van der Waals surface area contributed by atoms with Crippen LogP contribution in [0.3, 0.4) is 0 Å². The van der Waals surface area contributed by atoms with Crippen LogP contribution in [0.2, 0.25) is 0 Å². The molecule has 0 amide bonds. The van der Waals surface area contributed by atoms with E-state index in [1.807, 2.05) is 19.9 Å². The summed E-state index contributed by atoms with van der Waals surface area (Å²) < 4.78 is 0. The van der Waals surface area contributed by atoms with Gasteiger partial charge in [0.25, 0.3) is 0 Å². The molecule has 0 atom stereocenters. The average molecular weight is 179 g/mol. The van der Waals surface area contributed by atoms with Gasteiger partial charge in [-0.15, -0.1) is 0 Å². The Hall–Kier alpha value is -1.38. The first kappa shape index (κ1) is 11.6. The minimum absolute atomic E-state index is 0.673. The molecule has 13 heavy (non-hydrogen) atoms. The van der Waals surface area contributed by atoms with Crippen molar-refractivity contribution in [2.45, 2.75) is 27.2 Å². The lowest BCUT2D eigenvalue weighted by atomic mass is 10.3. The minimum Gasteiger partial charge on any atom is -0.404 e. The van der Waals surface area contributed by atoms with E-state index in [1.54, 1.807) is 12.3 Å². The van der Waals surface area contributed by atoms with Crippen LogP contribution in [0, 0.1) is 0 Å². The normalized spacial score (nSPS) is 9.46. The fourth-order valence-corrected chi connectivity index (χ4v) is 0.776. The highest BCUT2D eigenvalue weighted by molar-refractivity contribution is 5.38. The molecule has 0 aliphatic carbocycles. The number of nitrogens with zero attached hydrogens (tertiary/aromatic N) is 2. The van der Waals surface area contributed by atoms with Gasteiger partial charge < -0.3 is 5.73 Å². The van der Waals surface area contributed by atoms with E-state index in [0.29, 0.717) is 5.82 Å². The van der Waals surface area contributed by atoms with E-state index < -0.39 is 0 Å². The summed E-state index contributed by atoms with van der Waals surface area (Å²) in [6.07, 6.45) is 5.78. The summed E-state index contributed by atoms with van der Waals surface area (Å²) in [5, 5.41) is 0. The Kier molecular flexibility index (Phi) is 6.51. The summed E-state index contributed by atoms with van der Waals surface area (Å²) in [7, 11) is 0. The van der Waals surface area contributed by atoms with Gasteiger partial charge in [0.05, 0.1) is 0 Å². The number of hydrogen-bond acceptors (Lipinski definition) is 3. The van der Waals surface area contributed by atoms with Gasteiger partial charge in [-0.25, -0.2) is 9.97 Å². The third-order valence-corrected chi connectivity index (χ3v) is 1.34. The Labute approximate surface area is 79.7 Å². The van der Waals surface area contributed by atoms with E-state index in [-0.39, 0.29) is 0 Å². The van der Waals surface area contributed by atoms with Crippen LogP contribution in [0.25, 0.3) is 6.08 Å². The van der Waals surface area contributed by atoms with Gasteiger partial charge in [-0.2, -0.15) is 0 Å². The van der Waals surface area contributed by atoms with Crippen molar-refractivity contribution in [3.8, 4) is 0 Å².